The Bertz CT molecular complexity index is 498. The number of hydrogen-bond acceptors (Lipinski definition) is 7. The molecule has 0 spiro atoms. The molecule has 1 aromatic carbocycles. The van der Waals surface area contributed by atoms with Crippen molar-refractivity contribution in [3.63, 3.8) is 0 Å². The van der Waals surface area contributed by atoms with Crippen LogP contribution in [0.2, 0.25) is 0 Å². The molecule has 0 aromatic heterocycles. The molecule has 0 aliphatic rings. The van der Waals surface area contributed by atoms with E-state index in [9.17, 15) is 9.59 Å². The second-order valence-corrected chi connectivity index (χ2v) is 5.38. The van der Waals surface area contributed by atoms with Crippen molar-refractivity contribution in [1.82, 2.24) is 5.32 Å². The van der Waals surface area contributed by atoms with Gasteiger partial charge in [-0.1, -0.05) is 24.8 Å². The zero-order valence-electron chi connectivity index (χ0n) is 12.6. The highest BCUT2D eigenvalue weighted by Crippen LogP contribution is 2.19. The molecule has 7 nitrogen and oxygen atoms in total. The highest BCUT2D eigenvalue weighted by atomic mass is 32.2. The second-order valence-electron chi connectivity index (χ2n) is 4.28. The first-order valence-electron chi connectivity index (χ1n) is 6.89. The Morgan fingerprint density at radius 2 is 2.09 bits per heavy atom. The number of carbonyl (C=O) groups is 2. The fraction of sp³-hybridized carbons (Fsp3) is 0.333. The summed E-state index contributed by atoms with van der Waals surface area (Å²) in [4.78, 5) is 28.1. The Labute approximate surface area is 139 Å². The van der Waals surface area contributed by atoms with Crippen molar-refractivity contribution in [2.75, 3.05) is 25.5 Å². The van der Waals surface area contributed by atoms with Crippen molar-refractivity contribution in [3.05, 3.63) is 43.0 Å². The predicted octanol–water partition coefficient (Wildman–Crippen LogP) is 1.49. The molecule has 0 saturated heterocycles. The zero-order valence-corrected chi connectivity index (χ0v) is 13.4. The van der Waals surface area contributed by atoms with Gasteiger partial charge in [0.1, 0.15) is 19.3 Å². The summed E-state index contributed by atoms with van der Waals surface area (Å²) in [5.74, 6) is 5.01. The molecule has 1 amide bonds. The first-order valence-corrected chi connectivity index (χ1v) is 7.87. The van der Waals surface area contributed by atoms with Crippen LogP contribution in [0.4, 0.5) is 4.79 Å². The molecule has 126 valence electrons. The highest BCUT2D eigenvalue weighted by Gasteiger charge is 2.15. The summed E-state index contributed by atoms with van der Waals surface area (Å²) in [6, 6.07) is 9.69. The third-order valence-corrected chi connectivity index (χ3v) is 3.66. The number of esters is 1. The van der Waals surface area contributed by atoms with Gasteiger partial charge in [0.25, 0.3) is 0 Å². The number of hydrogen-bond donors (Lipinski definition) is 2. The minimum absolute atomic E-state index is 0.0385. The first-order chi connectivity index (χ1) is 11.2. The van der Waals surface area contributed by atoms with E-state index < -0.39 is 18.2 Å². The number of amides is 1. The van der Waals surface area contributed by atoms with Crippen molar-refractivity contribution in [3.8, 4) is 0 Å². The van der Waals surface area contributed by atoms with Gasteiger partial charge in [-0.05, 0) is 12.1 Å². The molecular weight excluding hydrogens is 320 g/mol. The topological polar surface area (TPSA) is 99.9 Å². The number of rotatable bonds is 10. The fourth-order valence-electron chi connectivity index (χ4n) is 1.49. The Hall–Kier alpha value is -2.03. The summed E-state index contributed by atoms with van der Waals surface area (Å²) >= 11 is 1.52. The third-order valence-electron chi connectivity index (χ3n) is 2.52. The molecule has 1 rings (SSSR count). The van der Waals surface area contributed by atoms with Crippen LogP contribution in [0.1, 0.15) is 0 Å². The Kier molecular flexibility index (Phi) is 9.53. The van der Waals surface area contributed by atoms with E-state index in [1.165, 1.54) is 11.8 Å². The normalized spacial score (nSPS) is 11.3. The van der Waals surface area contributed by atoms with E-state index >= 15 is 0 Å². The third kappa shape index (κ3) is 8.87. The van der Waals surface area contributed by atoms with E-state index in [4.69, 9.17) is 15.4 Å². The minimum atomic E-state index is -0.629. The lowest BCUT2D eigenvalue weighted by Crippen LogP contribution is -2.35. The quantitative estimate of drug-likeness (QED) is 0.219. The van der Waals surface area contributed by atoms with Crippen LogP contribution >= 0.6 is 11.8 Å². The molecule has 0 fully saturated rings. The van der Waals surface area contributed by atoms with Crippen LogP contribution in [0.15, 0.2) is 47.9 Å². The molecule has 0 aliphatic heterocycles. The number of ether oxygens (including phenoxy) is 2. The molecule has 1 atom stereocenters. The summed E-state index contributed by atoms with van der Waals surface area (Å²) in [5, 5.41) is 2.47. The number of nitrogens with two attached hydrogens (primary N) is 1. The monoisotopic (exact) mass is 340 g/mol. The SMILES string of the molecule is C=CC(=O)OCCNC(=O)OC(CON)CSc1ccccc1. The first kappa shape index (κ1) is 19.0. The Balaban J connectivity index is 2.29. The van der Waals surface area contributed by atoms with Crippen LogP contribution < -0.4 is 11.2 Å². The van der Waals surface area contributed by atoms with E-state index in [1.54, 1.807) is 0 Å². The lowest BCUT2D eigenvalue weighted by atomic mass is 10.4. The molecular formula is C15H20N2O5S. The molecule has 0 saturated carbocycles. The average molecular weight is 340 g/mol. The summed E-state index contributed by atoms with van der Waals surface area (Å²) < 4.78 is 9.93. The predicted molar refractivity (Wildman–Crippen MR) is 86.7 cm³/mol. The Morgan fingerprint density at radius 3 is 2.74 bits per heavy atom. The maximum Gasteiger partial charge on any atom is 0.407 e. The molecule has 0 heterocycles. The van der Waals surface area contributed by atoms with Crippen molar-refractivity contribution in [2.45, 2.75) is 11.0 Å². The van der Waals surface area contributed by atoms with Gasteiger partial charge in [0.15, 0.2) is 0 Å². The smallest absolute Gasteiger partial charge is 0.407 e. The van der Waals surface area contributed by atoms with E-state index in [0.29, 0.717) is 5.75 Å². The number of alkyl carbamates (subject to hydrolysis) is 1. The number of thioether (sulfide) groups is 1. The van der Waals surface area contributed by atoms with Crippen molar-refractivity contribution in [2.24, 2.45) is 5.90 Å². The molecule has 8 heteroatoms. The maximum atomic E-state index is 11.7. The summed E-state index contributed by atoms with van der Waals surface area (Å²) in [6.07, 6.45) is -0.0791. The van der Waals surface area contributed by atoms with Crippen molar-refractivity contribution < 1.29 is 23.9 Å². The van der Waals surface area contributed by atoms with Crippen LogP contribution in [0.3, 0.4) is 0 Å². The van der Waals surface area contributed by atoms with E-state index in [1.807, 2.05) is 30.3 Å². The van der Waals surface area contributed by atoms with Crippen LogP contribution in [0.25, 0.3) is 0 Å². The lowest BCUT2D eigenvalue weighted by Gasteiger charge is -2.16. The van der Waals surface area contributed by atoms with Gasteiger partial charge in [0.05, 0.1) is 6.54 Å². The van der Waals surface area contributed by atoms with Crippen molar-refractivity contribution in [1.29, 1.82) is 0 Å². The number of nitrogens with one attached hydrogen (secondary N) is 1. The average Bonchev–Trinajstić information content (AvgIpc) is 2.57. The van der Waals surface area contributed by atoms with Gasteiger partial charge in [-0.15, -0.1) is 11.8 Å². The van der Waals surface area contributed by atoms with Crippen LogP contribution in [-0.2, 0) is 19.1 Å². The van der Waals surface area contributed by atoms with Gasteiger partial charge in [-0.25, -0.2) is 15.5 Å². The van der Waals surface area contributed by atoms with Crippen LogP contribution in [-0.4, -0.2) is 43.7 Å². The molecule has 0 bridgehead atoms. The van der Waals surface area contributed by atoms with Gasteiger partial charge in [0, 0.05) is 16.7 Å². The van der Waals surface area contributed by atoms with E-state index in [-0.39, 0.29) is 19.8 Å². The summed E-state index contributed by atoms with van der Waals surface area (Å²) in [7, 11) is 0. The zero-order chi connectivity index (χ0) is 16.9. The molecule has 0 aliphatic carbocycles. The van der Waals surface area contributed by atoms with Gasteiger partial charge < -0.3 is 19.6 Å². The number of benzene rings is 1. The molecule has 23 heavy (non-hydrogen) atoms. The maximum absolute atomic E-state index is 11.7. The highest BCUT2D eigenvalue weighted by molar-refractivity contribution is 7.99. The molecule has 1 aromatic rings. The molecule has 3 N–H and O–H groups in total. The van der Waals surface area contributed by atoms with Gasteiger partial charge >= 0.3 is 12.1 Å². The standard InChI is InChI=1S/C15H20N2O5S/c1-2-14(18)20-9-8-17-15(19)22-12(10-21-16)11-23-13-6-4-3-5-7-13/h2-7,12H,1,8-11,16H2,(H,17,19). The Morgan fingerprint density at radius 1 is 1.35 bits per heavy atom. The molecule has 1 unspecified atom stereocenters. The summed E-state index contributed by atoms with van der Waals surface area (Å²) in [5.41, 5.74) is 0. The number of carbonyl (C=O) groups excluding carboxylic acids is 2. The van der Waals surface area contributed by atoms with Gasteiger partial charge in [-0.3, -0.25) is 0 Å². The van der Waals surface area contributed by atoms with E-state index in [0.717, 1.165) is 11.0 Å². The minimum Gasteiger partial charge on any atom is -0.461 e. The van der Waals surface area contributed by atoms with Crippen LogP contribution in [0, 0.1) is 0 Å². The fourth-order valence-corrected chi connectivity index (χ4v) is 2.38. The van der Waals surface area contributed by atoms with E-state index in [2.05, 4.69) is 16.7 Å². The summed E-state index contributed by atoms with van der Waals surface area (Å²) in [6.45, 7) is 3.52. The van der Waals surface area contributed by atoms with Crippen LogP contribution in [0.5, 0.6) is 0 Å². The molecule has 0 radical (unpaired) electrons. The van der Waals surface area contributed by atoms with Crippen molar-refractivity contribution >= 4 is 23.8 Å². The lowest BCUT2D eigenvalue weighted by molar-refractivity contribution is -0.137. The van der Waals surface area contributed by atoms with Gasteiger partial charge in [0.2, 0.25) is 0 Å². The van der Waals surface area contributed by atoms with Gasteiger partial charge in [-0.2, -0.15) is 0 Å². The second kappa shape index (κ2) is 11.5. The largest absolute Gasteiger partial charge is 0.461 e.